The highest BCUT2D eigenvalue weighted by molar-refractivity contribution is 5.74. The number of benzene rings is 1. The van der Waals surface area contributed by atoms with E-state index in [-0.39, 0.29) is 6.03 Å². The lowest BCUT2D eigenvalue weighted by Crippen LogP contribution is -2.41. The molecule has 1 aromatic carbocycles. The van der Waals surface area contributed by atoms with Crippen molar-refractivity contribution in [2.45, 2.75) is 46.2 Å². The lowest BCUT2D eigenvalue weighted by Gasteiger charge is -2.22. The van der Waals surface area contributed by atoms with Gasteiger partial charge in [-0.15, -0.1) is 0 Å². The van der Waals surface area contributed by atoms with Crippen LogP contribution in [-0.4, -0.2) is 23.5 Å². The molecule has 1 N–H and O–H groups in total. The fourth-order valence-electron chi connectivity index (χ4n) is 2.55. The van der Waals surface area contributed by atoms with Crippen molar-refractivity contribution in [2.24, 2.45) is 0 Å². The third-order valence-corrected chi connectivity index (χ3v) is 3.74. The first kappa shape index (κ1) is 12.9. The van der Waals surface area contributed by atoms with Crippen LogP contribution in [0.1, 0.15) is 36.5 Å². The standard InChI is InChI=1S/C15H22N2O/c1-11-6-7-14(12(2)9-11)10-16-15(18)17-8-4-5-13(17)3/h6-7,9,13H,4-5,8,10H2,1-3H3,(H,16,18). The lowest BCUT2D eigenvalue weighted by molar-refractivity contribution is 0.195. The minimum absolute atomic E-state index is 0.0694. The van der Waals surface area contributed by atoms with Gasteiger partial charge in [0.25, 0.3) is 0 Å². The molecule has 0 radical (unpaired) electrons. The van der Waals surface area contributed by atoms with Gasteiger partial charge >= 0.3 is 6.03 Å². The molecule has 3 nitrogen and oxygen atoms in total. The van der Waals surface area contributed by atoms with E-state index in [0.717, 1.165) is 19.4 Å². The molecular formula is C15H22N2O. The Labute approximate surface area is 109 Å². The van der Waals surface area contributed by atoms with Crippen molar-refractivity contribution in [1.82, 2.24) is 10.2 Å². The Morgan fingerprint density at radius 1 is 1.44 bits per heavy atom. The Balaban J connectivity index is 1.93. The molecule has 1 aliphatic rings. The third kappa shape index (κ3) is 2.84. The zero-order valence-electron chi connectivity index (χ0n) is 11.5. The van der Waals surface area contributed by atoms with E-state index in [9.17, 15) is 4.79 Å². The first-order valence-corrected chi connectivity index (χ1v) is 6.68. The molecule has 0 bridgehead atoms. The average Bonchev–Trinajstić information content (AvgIpc) is 2.74. The Bertz CT molecular complexity index is 442. The van der Waals surface area contributed by atoms with Crippen molar-refractivity contribution in [3.8, 4) is 0 Å². The Morgan fingerprint density at radius 3 is 2.83 bits per heavy atom. The Kier molecular flexibility index (Phi) is 3.90. The van der Waals surface area contributed by atoms with E-state index >= 15 is 0 Å². The number of hydrogen-bond donors (Lipinski definition) is 1. The van der Waals surface area contributed by atoms with E-state index in [1.807, 2.05) is 4.90 Å². The van der Waals surface area contributed by atoms with Crippen LogP contribution in [0.2, 0.25) is 0 Å². The van der Waals surface area contributed by atoms with E-state index in [1.54, 1.807) is 0 Å². The summed E-state index contributed by atoms with van der Waals surface area (Å²) in [6.07, 6.45) is 2.25. The van der Waals surface area contributed by atoms with Crippen molar-refractivity contribution in [2.75, 3.05) is 6.54 Å². The van der Waals surface area contributed by atoms with Gasteiger partial charge in [0.2, 0.25) is 0 Å². The number of amides is 2. The topological polar surface area (TPSA) is 32.3 Å². The van der Waals surface area contributed by atoms with Gasteiger partial charge in [0.1, 0.15) is 0 Å². The average molecular weight is 246 g/mol. The van der Waals surface area contributed by atoms with Gasteiger partial charge in [-0.05, 0) is 44.7 Å². The molecule has 0 saturated carbocycles. The number of carbonyl (C=O) groups excluding carboxylic acids is 1. The molecule has 1 aromatic rings. The van der Waals surface area contributed by atoms with Gasteiger partial charge in [0.15, 0.2) is 0 Å². The Hall–Kier alpha value is -1.51. The van der Waals surface area contributed by atoms with Crippen LogP contribution in [0.25, 0.3) is 0 Å². The summed E-state index contributed by atoms with van der Waals surface area (Å²) < 4.78 is 0. The molecule has 3 heteroatoms. The van der Waals surface area contributed by atoms with Crippen molar-refractivity contribution in [3.05, 3.63) is 34.9 Å². The summed E-state index contributed by atoms with van der Waals surface area (Å²) in [7, 11) is 0. The molecule has 1 aliphatic heterocycles. The molecule has 1 saturated heterocycles. The van der Waals surface area contributed by atoms with E-state index in [2.05, 4.69) is 44.3 Å². The van der Waals surface area contributed by atoms with E-state index in [1.165, 1.54) is 16.7 Å². The highest BCUT2D eigenvalue weighted by atomic mass is 16.2. The third-order valence-electron chi connectivity index (χ3n) is 3.74. The van der Waals surface area contributed by atoms with Crippen LogP contribution in [0, 0.1) is 13.8 Å². The highest BCUT2D eigenvalue weighted by Crippen LogP contribution is 2.16. The van der Waals surface area contributed by atoms with Gasteiger partial charge in [-0.25, -0.2) is 4.79 Å². The maximum atomic E-state index is 12.0. The molecule has 0 aliphatic carbocycles. The summed E-state index contributed by atoms with van der Waals surface area (Å²) in [6, 6.07) is 6.79. The van der Waals surface area contributed by atoms with Crippen molar-refractivity contribution >= 4 is 6.03 Å². The smallest absolute Gasteiger partial charge is 0.317 e. The van der Waals surface area contributed by atoms with Crippen LogP contribution in [0.5, 0.6) is 0 Å². The first-order chi connectivity index (χ1) is 8.58. The van der Waals surface area contributed by atoms with Crippen molar-refractivity contribution in [3.63, 3.8) is 0 Å². The Morgan fingerprint density at radius 2 is 2.22 bits per heavy atom. The molecule has 1 unspecified atom stereocenters. The minimum Gasteiger partial charge on any atom is -0.334 e. The van der Waals surface area contributed by atoms with Gasteiger partial charge in [-0.3, -0.25) is 0 Å². The number of nitrogens with one attached hydrogen (secondary N) is 1. The monoisotopic (exact) mass is 246 g/mol. The summed E-state index contributed by atoms with van der Waals surface area (Å²) in [5.74, 6) is 0. The number of aryl methyl sites for hydroxylation is 2. The van der Waals surface area contributed by atoms with Crippen LogP contribution in [0.3, 0.4) is 0 Å². The van der Waals surface area contributed by atoms with E-state index in [4.69, 9.17) is 0 Å². The fourth-order valence-corrected chi connectivity index (χ4v) is 2.55. The molecule has 1 heterocycles. The largest absolute Gasteiger partial charge is 0.334 e. The quantitative estimate of drug-likeness (QED) is 0.854. The first-order valence-electron chi connectivity index (χ1n) is 6.68. The highest BCUT2D eigenvalue weighted by Gasteiger charge is 2.24. The molecule has 1 atom stereocenters. The maximum Gasteiger partial charge on any atom is 0.317 e. The molecule has 0 aromatic heterocycles. The molecule has 0 spiro atoms. The zero-order chi connectivity index (χ0) is 13.1. The van der Waals surface area contributed by atoms with Gasteiger partial charge in [0, 0.05) is 19.1 Å². The predicted molar refractivity (Wildman–Crippen MR) is 73.6 cm³/mol. The fraction of sp³-hybridized carbons (Fsp3) is 0.533. The van der Waals surface area contributed by atoms with Gasteiger partial charge in [0.05, 0.1) is 0 Å². The predicted octanol–water partition coefficient (Wildman–Crippen LogP) is 3.00. The summed E-state index contributed by atoms with van der Waals surface area (Å²) in [6.45, 7) is 7.80. The molecule has 18 heavy (non-hydrogen) atoms. The minimum atomic E-state index is 0.0694. The second-order valence-corrected chi connectivity index (χ2v) is 5.27. The van der Waals surface area contributed by atoms with E-state index in [0.29, 0.717) is 12.6 Å². The summed E-state index contributed by atoms with van der Waals surface area (Å²) >= 11 is 0. The van der Waals surface area contributed by atoms with Crippen molar-refractivity contribution in [1.29, 1.82) is 0 Å². The molecule has 1 fully saturated rings. The second kappa shape index (κ2) is 5.42. The van der Waals surface area contributed by atoms with Crippen LogP contribution in [0.4, 0.5) is 4.79 Å². The molecule has 2 rings (SSSR count). The van der Waals surface area contributed by atoms with Crippen molar-refractivity contribution < 1.29 is 4.79 Å². The SMILES string of the molecule is Cc1ccc(CNC(=O)N2CCCC2C)c(C)c1. The molecular weight excluding hydrogens is 224 g/mol. The number of hydrogen-bond acceptors (Lipinski definition) is 1. The van der Waals surface area contributed by atoms with Crippen LogP contribution in [0.15, 0.2) is 18.2 Å². The lowest BCUT2D eigenvalue weighted by atomic mass is 10.1. The number of rotatable bonds is 2. The summed E-state index contributed by atoms with van der Waals surface area (Å²) in [5, 5.41) is 3.02. The second-order valence-electron chi connectivity index (χ2n) is 5.27. The number of carbonyl (C=O) groups is 1. The summed E-state index contributed by atoms with van der Waals surface area (Å²) in [5.41, 5.74) is 3.70. The number of urea groups is 1. The van der Waals surface area contributed by atoms with Crippen LogP contribution < -0.4 is 5.32 Å². The summed E-state index contributed by atoms with van der Waals surface area (Å²) in [4.78, 5) is 14.0. The molecule has 2 amide bonds. The molecule has 98 valence electrons. The normalized spacial score (nSPS) is 19.1. The van der Waals surface area contributed by atoms with Gasteiger partial charge < -0.3 is 10.2 Å². The number of likely N-dealkylation sites (tertiary alicyclic amines) is 1. The van der Waals surface area contributed by atoms with E-state index < -0.39 is 0 Å². The zero-order valence-corrected chi connectivity index (χ0v) is 11.5. The maximum absolute atomic E-state index is 12.0. The number of nitrogens with zero attached hydrogens (tertiary/aromatic N) is 1. The van der Waals surface area contributed by atoms with Gasteiger partial charge in [-0.2, -0.15) is 0 Å². The van der Waals surface area contributed by atoms with Crippen LogP contribution >= 0.6 is 0 Å². The van der Waals surface area contributed by atoms with Crippen LogP contribution in [-0.2, 0) is 6.54 Å². The van der Waals surface area contributed by atoms with Gasteiger partial charge in [-0.1, -0.05) is 23.8 Å².